The van der Waals surface area contributed by atoms with Gasteiger partial charge in [-0.05, 0) is 48.7 Å². The summed E-state index contributed by atoms with van der Waals surface area (Å²) in [7, 11) is 0. The highest BCUT2D eigenvalue weighted by atomic mass is 19.1. The first-order valence-electron chi connectivity index (χ1n) is 11.1. The van der Waals surface area contributed by atoms with Gasteiger partial charge in [-0.3, -0.25) is 9.59 Å². The van der Waals surface area contributed by atoms with E-state index in [1.165, 1.54) is 12.1 Å². The fourth-order valence-electron chi connectivity index (χ4n) is 3.89. The lowest BCUT2D eigenvalue weighted by Gasteiger charge is -2.15. The van der Waals surface area contributed by atoms with E-state index in [2.05, 4.69) is 27.0 Å². The number of pyridine rings is 1. The highest BCUT2D eigenvalue weighted by molar-refractivity contribution is 5.99. The number of nitriles is 1. The molecule has 172 valence electrons. The number of carbonyl (C=O) groups is 2. The SMILES string of the molecule is N#Cc1ccccc1-c1ccc(C(=O)NCC2CCC(=O)N2)c(NCCc2cccc(F)c2)n1. The van der Waals surface area contributed by atoms with Gasteiger partial charge in [0.15, 0.2) is 0 Å². The lowest BCUT2D eigenvalue weighted by atomic mass is 10.0. The zero-order valence-electron chi connectivity index (χ0n) is 18.5. The van der Waals surface area contributed by atoms with E-state index < -0.39 is 0 Å². The van der Waals surface area contributed by atoms with Crippen LogP contribution in [0.2, 0.25) is 0 Å². The molecule has 0 aliphatic carbocycles. The summed E-state index contributed by atoms with van der Waals surface area (Å²) in [6.07, 6.45) is 1.68. The molecule has 1 aromatic heterocycles. The third-order valence-corrected chi connectivity index (χ3v) is 5.65. The van der Waals surface area contributed by atoms with Crippen LogP contribution in [0.5, 0.6) is 0 Å². The topological polar surface area (TPSA) is 107 Å². The van der Waals surface area contributed by atoms with E-state index in [0.717, 1.165) is 5.56 Å². The Morgan fingerprint density at radius 1 is 1.18 bits per heavy atom. The summed E-state index contributed by atoms with van der Waals surface area (Å²) in [5.41, 5.74) is 2.88. The number of rotatable bonds is 8. The van der Waals surface area contributed by atoms with Gasteiger partial charge >= 0.3 is 0 Å². The molecule has 1 aliphatic rings. The quantitative estimate of drug-likeness (QED) is 0.481. The molecule has 1 saturated heterocycles. The van der Waals surface area contributed by atoms with Crippen molar-refractivity contribution in [1.82, 2.24) is 15.6 Å². The maximum atomic E-state index is 13.5. The Labute approximate surface area is 197 Å². The standard InChI is InChI=1S/C26H24FN5O2/c27-19-6-3-4-17(14-19)12-13-29-25-22(26(34)30-16-20-8-11-24(33)31-20)9-10-23(32-25)21-7-2-1-5-18(21)15-28/h1-7,9-10,14,20H,8,11-13,16H2,(H,29,32)(H,30,34)(H,31,33). The van der Waals surface area contributed by atoms with Crippen LogP contribution >= 0.6 is 0 Å². The van der Waals surface area contributed by atoms with Crippen LogP contribution in [0, 0.1) is 17.1 Å². The average molecular weight is 458 g/mol. The maximum absolute atomic E-state index is 13.5. The molecule has 1 atom stereocenters. The molecule has 8 heteroatoms. The van der Waals surface area contributed by atoms with Crippen molar-refractivity contribution in [2.45, 2.75) is 25.3 Å². The number of amides is 2. The maximum Gasteiger partial charge on any atom is 0.255 e. The number of aromatic nitrogens is 1. The molecule has 1 unspecified atom stereocenters. The highest BCUT2D eigenvalue weighted by Gasteiger charge is 2.22. The second-order valence-corrected chi connectivity index (χ2v) is 8.07. The molecule has 2 heterocycles. The van der Waals surface area contributed by atoms with E-state index in [4.69, 9.17) is 0 Å². The van der Waals surface area contributed by atoms with Gasteiger partial charge in [-0.1, -0.05) is 30.3 Å². The van der Waals surface area contributed by atoms with Crippen molar-refractivity contribution in [3.63, 3.8) is 0 Å². The van der Waals surface area contributed by atoms with Crippen LogP contribution in [0.15, 0.2) is 60.7 Å². The summed E-state index contributed by atoms with van der Waals surface area (Å²) >= 11 is 0. The Morgan fingerprint density at radius 2 is 2.03 bits per heavy atom. The summed E-state index contributed by atoms with van der Waals surface area (Å²) < 4.78 is 13.5. The molecule has 3 aromatic rings. The smallest absolute Gasteiger partial charge is 0.255 e. The summed E-state index contributed by atoms with van der Waals surface area (Å²) in [4.78, 5) is 29.0. The normalized spacial score (nSPS) is 14.8. The van der Waals surface area contributed by atoms with Crippen molar-refractivity contribution < 1.29 is 14.0 Å². The third-order valence-electron chi connectivity index (χ3n) is 5.65. The van der Waals surface area contributed by atoms with E-state index in [0.29, 0.717) is 60.6 Å². The Hall–Kier alpha value is -4.25. The van der Waals surface area contributed by atoms with Crippen molar-refractivity contribution in [3.05, 3.63) is 83.2 Å². The van der Waals surface area contributed by atoms with Crippen molar-refractivity contribution in [2.75, 3.05) is 18.4 Å². The lowest BCUT2D eigenvalue weighted by Crippen LogP contribution is -2.38. The van der Waals surface area contributed by atoms with Gasteiger partial charge in [0, 0.05) is 31.1 Å². The van der Waals surface area contributed by atoms with Gasteiger partial charge in [-0.25, -0.2) is 9.37 Å². The fraction of sp³-hybridized carbons (Fsp3) is 0.231. The zero-order valence-corrected chi connectivity index (χ0v) is 18.5. The zero-order chi connectivity index (χ0) is 23.9. The molecule has 1 aliphatic heterocycles. The Kier molecular flexibility index (Phi) is 7.13. The lowest BCUT2D eigenvalue weighted by molar-refractivity contribution is -0.119. The van der Waals surface area contributed by atoms with Gasteiger partial charge < -0.3 is 16.0 Å². The first kappa shape index (κ1) is 22.9. The van der Waals surface area contributed by atoms with Gasteiger partial charge in [0.25, 0.3) is 5.91 Å². The molecule has 0 radical (unpaired) electrons. The van der Waals surface area contributed by atoms with E-state index >= 15 is 0 Å². The number of halogens is 1. The molecule has 0 spiro atoms. The Bertz CT molecular complexity index is 1250. The fourth-order valence-corrected chi connectivity index (χ4v) is 3.89. The number of nitrogens with one attached hydrogen (secondary N) is 3. The molecule has 0 bridgehead atoms. The van der Waals surface area contributed by atoms with Crippen LogP contribution in [0.1, 0.15) is 34.3 Å². The third kappa shape index (κ3) is 5.56. The second-order valence-electron chi connectivity index (χ2n) is 8.07. The first-order valence-corrected chi connectivity index (χ1v) is 11.1. The molecule has 7 nitrogen and oxygen atoms in total. The molecular formula is C26H24FN5O2. The average Bonchev–Trinajstić information content (AvgIpc) is 3.27. The Balaban J connectivity index is 1.55. The minimum atomic E-state index is -0.318. The first-order chi connectivity index (χ1) is 16.5. The number of hydrogen-bond donors (Lipinski definition) is 3. The molecule has 0 saturated carbocycles. The molecule has 4 rings (SSSR count). The van der Waals surface area contributed by atoms with Crippen LogP contribution in [-0.4, -0.2) is 35.9 Å². The number of nitrogens with zero attached hydrogens (tertiary/aromatic N) is 2. The highest BCUT2D eigenvalue weighted by Crippen LogP contribution is 2.25. The largest absolute Gasteiger partial charge is 0.369 e. The number of benzene rings is 2. The van der Waals surface area contributed by atoms with Gasteiger partial charge in [-0.2, -0.15) is 5.26 Å². The van der Waals surface area contributed by atoms with E-state index in [1.54, 1.807) is 36.4 Å². The summed E-state index contributed by atoms with van der Waals surface area (Å²) in [6.45, 7) is 0.755. The van der Waals surface area contributed by atoms with Crippen LogP contribution in [-0.2, 0) is 11.2 Å². The van der Waals surface area contributed by atoms with Crippen molar-refractivity contribution in [3.8, 4) is 17.3 Å². The summed E-state index contributed by atoms with van der Waals surface area (Å²) in [6, 6.07) is 18.9. The molecule has 3 N–H and O–H groups in total. The molecule has 34 heavy (non-hydrogen) atoms. The number of hydrogen-bond acceptors (Lipinski definition) is 5. The number of carbonyl (C=O) groups excluding carboxylic acids is 2. The van der Waals surface area contributed by atoms with E-state index in [1.807, 2.05) is 12.1 Å². The van der Waals surface area contributed by atoms with Crippen molar-refractivity contribution in [1.29, 1.82) is 5.26 Å². The van der Waals surface area contributed by atoms with Crippen LogP contribution in [0.4, 0.5) is 10.2 Å². The molecule has 2 amide bonds. The minimum absolute atomic E-state index is 0.0128. The monoisotopic (exact) mass is 457 g/mol. The summed E-state index contributed by atoms with van der Waals surface area (Å²) in [5, 5.41) is 18.3. The van der Waals surface area contributed by atoms with Gasteiger partial charge in [0.1, 0.15) is 11.6 Å². The van der Waals surface area contributed by atoms with Gasteiger partial charge in [0.05, 0.1) is 22.9 Å². The van der Waals surface area contributed by atoms with Crippen molar-refractivity contribution >= 4 is 17.6 Å². The van der Waals surface area contributed by atoms with Crippen LogP contribution in [0.3, 0.4) is 0 Å². The van der Waals surface area contributed by atoms with Crippen LogP contribution < -0.4 is 16.0 Å². The number of anilines is 1. The van der Waals surface area contributed by atoms with Crippen molar-refractivity contribution in [2.24, 2.45) is 0 Å². The Morgan fingerprint density at radius 3 is 2.79 bits per heavy atom. The molecule has 1 fully saturated rings. The van der Waals surface area contributed by atoms with E-state index in [-0.39, 0.29) is 23.7 Å². The van der Waals surface area contributed by atoms with Gasteiger partial charge in [-0.15, -0.1) is 0 Å². The second kappa shape index (κ2) is 10.6. The predicted molar refractivity (Wildman–Crippen MR) is 126 cm³/mol. The molecule has 2 aromatic carbocycles. The summed E-state index contributed by atoms with van der Waals surface area (Å²) in [5.74, 6) is -0.262. The molecular weight excluding hydrogens is 433 g/mol. The van der Waals surface area contributed by atoms with E-state index in [9.17, 15) is 19.2 Å². The predicted octanol–water partition coefficient (Wildman–Crippen LogP) is 3.42. The van der Waals surface area contributed by atoms with Crippen LogP contribution in [0.25, 0.3) is 11.3 Å². The van der Waals surface area contributed by atoms with Gasteiger partial charge in [0.2, 0.25) is 5.91 Å². The minimum Gasteiger partial charge on any atom is -0.369 e.